The molecule has 0 aliphatic heterocycles. The number of nitrogens with zero attached hydrogens (tertiary/aromatic N) is 1. The van der Waals surface area contributed by atoms with Crippen molar-refractivity contribution in [3.63, 3.8) is 0 Å². The van der Waals surface area contributed by atoms with E-state index in [1.165, 1.54) is 12.1 Å². The maximum atomic E-state index is 13.6. The first-order valence-corrected chi connectivity index (χ1v) is 8.70. The number of carbonyl (C=O) groups is 1. The van der Waals surface area contributed by atoms with Gasteiger partial charge < -0.3 is 19.4 Å². The number of hydrogen-bond acceptors (Lipinski definition) is 4. The molecule has 0 spiro atoms. The fraction of sp³-hybridized carbons (Fsp3) is 0.286. The molecular formula is C21H23FN2O3. The largest absolute Gasteiger partial charge is 0.451 e. The van der Waals surface area contributed by atoms with Crippen molar-refractivity contribution in [1.29, 1.82) is 0 Å². The number of methoxy groups -OCH3 is 1. The van der Waals surface area contributed by atoms with E-state index in [0.29, 0.717) is 12.1 Å². The molecule has 3 rings (SSSR count). The lowest BCUT2D eigenvalue weighted by atomic mass is 10.1. The molecule has 2 aromatic carbocycles. The van der Waals surface area contributed by atoms with E-state index in [9.17, 15) is 9.18 Å². The summed E-state index contributed by atoms with van der Waals surface area (Å²) >= 11 is 0. The topological polar surface area (TPSA) is 54.7 Å². The van der Waals surface area contributed by atoms with Crippen LogP contribution in [-0.4, -0.2) is 38.6 Å². The smallest absolute Gasteiger partial charge is 0.287 e. The van der Waals surface area contributed by atoms with Crippen LogP contribution in [0.3, 0.4) is 0 Å². The van der Waals surface area contributed by atoms with Gasteiger partial charge in [-0.05, 0) is 37.9 Å². The molecule has 0 saturated carbocycles. The molecular weight excluding hydrogens is 347 g/mol. The maximum Gasteiger partial charge on any atom is 0.287 e. The van der Waals surface area contributed by atoms with Crippen molar-refractivity contribution < 1.29 is 18.3 Å². The first-order valence-electron chi connectivity index (χ1n) is 8.70. The second-order valence-corrected chi connectivity index (χ2v) is 6.58. The summed E-state index contributed by atoms with van der Waals surface area (Å²) in [6.07, 6.45) is 0. The zero-order valence-corrected chi connectivity index (χ0v) is 15.7. The van der Waals surface area contributed by atoms with Crippen molar-refractivity contribution in [2.75, 3.05) is 27.7 Å². The molecule has 142 valence electrons. The molecule has 1 heterocycles. The molecule has 5 nitrogen and oxygen atoms in total. The summed E-state index contributed by atoms with van der Waals surface area (Å²) in [4.78, 5) is 14.7. The van der Waals surface area contributed by atoms with Crippen LogP contribution in [0.5, 0.6) is 0 Å². The second kappa shape index (κ2) is 8.33. The van der Waals surface area contributed by atoms with Crippen molar-refractivity contribution >= 4 is 16.9 Å². The zero-order valence-electron chi connectivity index (χ0n) is 15.7. The van der Waals surface area contributed by atoms with Crippen molar-refractivity contribution in [3.8, 4) is 0 Å². The Hall–Kier alpha value is -2.70. The van der Waals surface area contributed by atoms with Crippen LogP contribution in [-0.2, 0) is 11.3 Å². The Bertz CT molecular complexity index is 936. The van der Waals surface area contributed by atoms with Crippen LogP contribution >= 0.6 is 0 Å². The molecule has 3 aromatic rings. The minimum atomic E-state index is -0.318. The lowest BCUT2D eigenvalue weighted by Crippen LogP contribution is -2.34. The molecule has 0 bridgehead atoms. The van der Waals surface area contributed by atoms with E-state index < -0.39 is 0 Å². The van der Waals surface area contributed by atoms with Crippen molar-refractivity contribution in [2.24, 2.45) is 0 Å². The number of carbonyl (C=O) groups excluding carboxylic acids is 1. The van der Waals surface area contributed by atoms with Crippen LogP contribution in [0.15, 0.2) is 52.9 Å². The molecule has 0 aliphatic rings. The Morgan fingerprint density at radius 2 is 2.00 bits per heavy atom. The molecule has 0 saturated heterocycles. The average Bonchev–Trinajstić information content (AvgIpc) is 3.01. The van der Waals surface area contributed by atoms with Gasteiger partial charge in [0.05, 0.1) is 12.6 Å². The highest BCUT2D eigenvalue weighted by molar-refractivity contribution is 5.99. The molecule has 0 fully saturated rings. The number of amides is 1. The van der Waals surface area contributed by atoms with E-state index in [0.717, 1.165) is 16.5 Å². The van der Waals surface area contributed by atoms with E-state index in [2.05, 4.69) is 5.32 Å². The standard InChI is InChI=1S/C21H23FN2O3/c1-24(2)18(14-7-6-8-15(22)11-14)12-23-21(25)20-17(13-26-3)16-9-4-5-10-19(16)27-20/h4-11,18H,12-13H2,1-3H3,(H,23,25). The summed E-state index contributed by atoms with van der Waals surface area (Å²) in [7, 11) is 5.36. The minimum Gasteiger partial charge on any atom is -0.451 e. The third kappa shape index (κ3) is 4.18. The van der Waals surface area contributed by atoms with Crippen LogP contribution < -0.4 is 5.32 Å². The monoisotopic (exact) mass is 370 g/mol. The Morgan fingerprint density at radius 1 is 1.22 bits per heavy atom. The summed E-state index contributed by atoms with van der Waals surface area (Å²) < 4.78 is 24.6. The van der Waals surface area contributed by atoms with Gasteiger partial charge in [0.15, 0.2) is 5.76 Å². The Balaban J connectivity index is 1.82. The van der Waals surface area contributed by atoms with E-state index in [4.69, 9.17) is 9.15 Å². The predicted molar refractivity (Wildman–Crippen MR) is 102 cm³/mol. The molecule has 1 aromatic heterocycles. The van der Waals surface area contributed by atoms with Crippen molar-refractivity contribution in [3.05, 3.63) is 71.2 Å². The van der Waals surface area contributed by atoms with Gasteiger partial charge >= 0.3 is 0 Å². The quantitative estimate of drug-likeness (QED) is 0.688. The van der Waals surface area contributed by atoms with Gasteiger partial charge in [-0.15, -0.1) is 0 Å². The first kappa shape index (κ1) is 19.1. The summed E-state index contributed by atoms with van der Waals surface area (Å²) in [5.74, 6) is -0.373. The number of para-hydroxylation sites is 1. The van der Waals surface area contributed by atoms with Gasteiger partial charge in [0.2, 0.25) is 0 Å². The van der Waals surface area contributed by atoms with Crippen molar-refractivity contribution in [2.45, 2.75) is 12.6 Å². The summed E-state index contributed by atoms with van der Waals surface area (Å²) in [5, 5.41) is 3.77. The fourth-order valence-corrected chi connectivity index (χ4v) is 3.15. The molecule has 1 unspecified atom stereocenters. The average molecular weight is 370 g/mol. The highest BCUT2D eigenvalue weighted by Crippen LogP contribution is 2.27. The lowest BCUT2D eigenvalue weighted by molar-refractivity contribution is 0.0909. The fourth-order valence-electron chi connectivity index (χ4n) is 3.15. The minimum absolute atomic E-state index is 0.167. The molecule has 1 amide bonds. The Labute approximate surface area is 157 Å². The van der Waals surface area contributed by atoms with Crippen LogP contribution in [0.4, 0.5) is 4.39 Å². The summed E-state index contributed by atoms with van der Waals surface area (Å²) in [6, 6.07) is 13.7. The second-order valence-electron chi connectivity index (χ2n) is 6.58. The molecule has 1 atom stereocenters. The maximum absolute atomic E-state index is 13.6. The number of halogens is 1. The van der Waals surface area contributed by atoms with Gasteiger partial charge in [0.25, 0.3) is 5.91 Å². The third-order valence-corrected chi connectivity index (χ3v) is 4.51. The summed E-state index contributed by atoms with van der Waals surface area (Å²) in [6.45, 7) is 0.597. The number of benzene rings is 2. The van der Waals surface area contributed by atoms with Crippen LogP contribution in [0.1, 0.15) is 27.7 Å². The van der Waals surface area contributed by atoms with Gasteiger partial charge in [-0.1, -0.05) is 30.3 Å². The first-order chi connectivity index (χ1) is 13.0. The van der Waals surface area contributed by atoms with Gasteiger partial charge in [-0.3, -0.25) is 4.79 Å². The molecule has 0 aliphatic carbocycles. The van der Waals surface area contributed by atoms with Crippen LogP contribution in [0.25, 0.3) is 11.0 Å². The molecule has 1 N–H and O–H groups in total. The number of ether oxygens (including phenoxy) is 1. The normalized spacial score (nSPS) is 12.5. The zero-order chi connectivity index (χ0) is 19.4. The number of rotatable bonds is 7. The molecule has 0 radical (unpaired) electrons. The van der Waals surface area contributed by atoms with E-state index in [1.54, 1.807) is 13.2 Å². The van der Waals surface area contributed by atoms with E-state index in [-0.39, 0.29) is 30.1 Å². The van der Waals surface area contributed by atoms with Gasteiger partial charge in [0.1, 0.15) is 11.4 Å². The number of hydrogen-bond donors (Lipinski definition) is 1. The predicted octanol–water partition coefficient (Wildman–Crippen LogP) is 3.75. The summed E-state index contributed by atoms with van der Waals surface area (Å²) in [5.41, 5.74) is 2.16. The van der Waals surface area contributed by atoms with Gasteiger partial charge in [-0.25, -0.2) is 4.39 Å². The Kier molecular flexibility index (Phi) is 5.88. The molecule has 27 heavy (non-hydrogen) atoms. The van der Waals surface area contributed by atoms with Gasteiger partial charge in [0, 0.05) is 24.6 Å². The number of furan rings is 1. The molecule has 6 heteroatoms. The van der Waals surface area contributed by atoms with E-state index in [1.807, 2.05) is 49.3 Å². The van der Waals surface area contributed by atoms with Crippen molar-refractivity contribution in [1.82, 2.24) is 10.2 Å². The number of likely N-dealkylation sites (N-methyl/N-ethyl adjacent to an activating group) is 1. The third-order valence-electron chi connectivity index (χ3n) is 4.51. The Morgan fingerprint density at radius 3 is 2.70 bits per heavy atom. The SMILES string of the molecule is COCc1c(C(=O)NCC(c2cccc(F)c2)N(C)C)oc2ccccc12. The highest BCUT2D eigenvalue weighted by Gasteiger charge is 2.22. The number of nitrogens with one attached hydrogen (secondary N) is 1. The van der Waals surface area contributed by atoms with Crippen LogP contribution in [0.2, 0.25) is 0 Å². The van der Waals surface area contributed by atoms with E-state index >= 15 is 0 Å². The highest BCUT2D eigenvalue weighted by atomic mass is 19.1. The van der Waals surface area contributed by atoms with Crippen LogP contribution in [0, 0.1) is 5.82 Å². The van der Waals surface area contributed by atoms with Gasteiger partial charge in [-0.2, -0.15) is 0 Å². The lowest BCUT2D eigenvalue weighted by Gasteiger charge is -2.25. The number of fused-ring (bicyclic) bond motifs is 1.